The van der Waals surface area contributed by atoms with E-state index < -0.39 is 0 Å². The summed E-state index contributed by atoms with van der Waals surface area (Å²) in [4.78, 5) is 14.1. The molecule has 23 heavy (non-hydrogen) atoms. The molecule has 0 saturated carbocycles. The number of carbonyl (C=O) groups is 1. The van der Waals surface area contributed by atoms with Crippen LogP contribution in [0.4, 0.5) is 11.4 Å². The average molecular weight is 333 g/mol. The van der Waals surface area contributed by atoms with Gasteiger partial charge in [0.15, 0.2) is 6.61 Å². The van der Waals surface area contributed by atoms with E-state index in [4.69, 9.17) is 21.1 Å². The minimum Gasteiger partial charge on any atom is -0.489 e. The lowest BCUT2D eigenvalue weighted by Crippen LogP contribution is -2.28. The fraction of sp³-hybridized carbons (Fsp3) is 0.235. The number of amides is 1. The Bertz CT molecular complexity index is 703. The third-order valence-corrected chi connectivity index (χ3v) is 3.77. The zero-order valence-electron chi connectivity index (χ0n) is 12.7. The number of anilines is 2. The van der Waals surface area contributed by atoms with Crippen molar-refractivity contribution in [2.24, 2.45) is 0 Å². The van der Waals surface area contributed by atoms with Crippen molar-refractivity contribution in [2.45, 2.75) is 0 Å². The van der Waals surface area contributed by atoms with Crippen LogP contribution < -0.4 is 19.7 Å². The first-order valence-electron chi connectivity index (χ1n) is 7.28. The standard InChI is InChI=1S/C17H17ClN2O3/c1-20-8-9-22-16-10-13(4-7-15(16)20)19-17(21)11-23-14-5-2-12(18)3-6-14/h2-7,10H,8-9,11H2,1H3,(H,19,21). The van der Waals surface area contributed by atoms with Crippen LogP contribution in [0.3, 0.4) is 0 Å². The lowest BCUT2D eigenvalue weighted by molar-refractivity contribution is -0.118. The minimum atomic E-state index is -0.232. The van der Waals surface area contributed by atoms with Gasteiger partial charge in [-0.15, -0.1) is 0 Å². The van der Waals surface area contributed by atoms with Crippen LogP contribution in [0.1, 0.15) is 0 Å². The number of rotatable bonds is 4. The highest BCUT2D eigenvalue weighted by Gasteiger charge is 2.15. The second-order valence-corrected chi connectivity index (χ2v) is 5.68. The van der Waals surface area contributed by atoms with E-state index in [9.17, 15) is 4.79 Å². The van der Waals surface area contributed by atoms with E-state index in [0.29, 0.717) is 23.1 Å². The van der Waals surface area contributed by atoms with E-state index >= 15 is 0 Å². The summed E-state index contributed by atoms with van der Waals surface area (Å²) < 4.78 is 11.0. The Morgan fingerprint density at radius 2 is 2.09 bits per heavy atom. The van der Waals surface area contributed by atoms with Gasteiger partial charge in [0, 0.05) is 23.8 Å². The lowest BCUT2D eigenvalue weighted by atomic mass is 10.2. The van der Waals surface area contributed by atoms with Crippen molar-refractivity contribution < 1.29 is 14.3 Å². The molecule has 0 aromatic heterocycles. The van der Waals surface area contributed by atoms with Crippen molar-refractivity contribution in [1.82, 2.24) is 0 Å². The highest BCUT2D eigenvalue weighted by Crippen LogP contribution is 2.33. The molecular formula is C17H17ClN2O3. The SMILES string of the molecule is CN1CCOc2cc(NC(=O)COc3ccc(Cl)cc3)ccc21. The number of benzene rings is 2. The molecule has 2 aromatic carbocycles. The molecule has 0 radical (unpaired) electrons. The fourth-order valence-electron chi connectivity index (χ4n) is 2.31. The largest absolute Gasteiger partial charge is 0.489 e. The molecule has 1 aliphatic heterocycles. The zero-order valence-corrected chi connectivity index (χ0v) is 13.5. The molecule has 6 heteroatoms. The van der Waals surface area contributed by atoms with Gasteiger partial charge in [0.1, 0.15) is 18.1 Å². The Hall–Kier alpha value is -2.40. The van der Waals surface area contributed by atoms with Crippen LogP contribution in [0.2, 0.25) is 5.02 Å². The number of nitrogens with zero attached hydrogens (tertiary/aromatic N) is 1. The summed E-state index contributed by atoms with van der Waals surface area (Å²) in [7, 11) is 2.01. The summed E-state index contributed by atoms with van der Waals surface area (Å²) in [6.45, 7) is 1.42. The molecule has 0 atom stereocenters. The van der Waals surface area contributed by atoms with Crippen molar-refractivity contribution in [2.75, 3.05) is 37.0 Å². The predicted molar refractivity (Wildman–Crippen MR) is 90.8 cm³/mol. The van der Waals surface area contributed by atoms with Crippen molar-refractivity contribution >= 4 is 28.9 Å². The van der Waals surface area contributed by atoms with Crippen LogP contribution in [-0.2, 0) is 4.79 Å². The molecule has 1 N–H and O–H groups in total. The maximum absolute atomic E-state index is 12.0. The molecule has 3 rings (SSSR count). The van der Waals surface area contributed by atoms with E-state index in [-0.39, 0.29) is 12.5 Å². The van der Waals surface area contributed by atoms with Gasteiger partial charge in [0.2, 0.25) is 0 Å². The van der Waals surface area contributed by atoms with Gasteiger partial charge in [-0.1, -0.05) is 11.6 Å². The molecule has 0 unspecified atom stereocenters. The van der Waals surface area contributed by atoms with Gasteiger partial charge in [-0.2, -0.15) is 0 Å². The Labute approximate surface area is 139 Å². The number of hydrogen-bond acceptors (Lipinski definition) is 4. The summed E-state index contributed by atoms with van der Waals surface area (Å²) in [5.74, 6) is 1.14. The van der Waals surface area contributed by atoms with Gasteiger partial charge in [0.25, 0.3) is 5.91 Å². The molecule has 0 bridgehead atoms. The summed E-state index contributed by atoms with van der Waals surface area (Å²) in [6, 6.07) is 12.5. The monoisotopic (exact) mass is 332 g/mol. The van der Waals surface area contributed by atoms with Gasteiger partial charge in [-0.25, -0.2) is 0 Å². The smallest absolute Gasteiger partial charge is 0.262 e. The molecule has 0 saturated heterocycles. The minimum absolute atomic E-state index is 0.0700. The van der Waals surface area contributed by atoms with Crippen molar-refractivity contribution in [3.05, 3.63) is 47.5 Å². The van der Waals surface area contributed by atoms with Gasteiger partial charge in [0.05, 0.1) is 12.2 Å². The van der Waals surface area contributed by atoms with E-state index in [0.717, 1.165) is 18.0 Å². The van der Waals surface area contributed by atoms with Crippen LogP contribution >= 0.6 is 11.6 Å². The van der Waals surface area contributed by atoms with E-state index in [2.05, 4.69) is 10.2 Å². The third kappa shape index (κ3) is 3.87. The number of ether oxygens (including phenoxy) is 2. The third-order valence-electron chi connectivity index (χ3n) is 3.52. The number of likely N-dealkylation sites (N-methyl/N-ethyl adjacent to an activating group) is 1. The van der Waals surface area contributed by atoms with Gasteiger partial charge in [-0.05, 0) is 36.4 Å². The van der Waals surface area contributed by atoms with Crippen LogP contribution in [0, 0.1) is 0 Å². The number of hydrogen-bond donors (Lipinski definition) is 1. The second-order valence-electron chi connectivity index (χ2n) is 5.24. The number of carbonyl (C=O) groups excluding carboxylic acids is 1. The lowest BCUT2D eigenvalue weighted by Gasteiger charge is -2.27. The Kier molecular flexibility index (Phi) is 4.57. The normalized spacial score (nSPS) is 13.0. The quantitative estimate of drug-likeness (QED) is 0.934. The van der Waals surface area contributed by atoms with Crippen LogP contribution in [0.25, 0.3) is 0 Å². The Balaban J connectivity index is 1.58. The predicted octanol–water partition coefficient (Wildman–Crippen LogP) is 3.19. The molecule has 1 amide bonds. The number of fused-ring (bicyclic) bond motifs is 1. The first kappa shape index (κ1) is 15.5. The summed E-state index contributed by atoms with van der Waals surface area (Å²) in [5.41, 5.74) is 1.70. The summed E-state index contributed by atoms with van der Waals surface area (Å²) in [5, 5.41) is 3.43. The second kappa shape index (κ2) is 6.79. The maximum Gasteiger partial charge on any atom is 0.262 e. The molecule has 2 aromatic rings. The highest BCUT2D eigenvalue weighted by molar-refractivity contribution is 6.30. The van der Waals surface area contributed by atoms with Crippen LogP contribution in [-0.4, -0.2) is 32.7 Å². The summed E-state index contributed by atoms with van der Waals surface area (Å²) >= 11 is 5.80. The topological polar surface area (TPSA) is 50.8 Å². The Morgan fingerprint density at radius 3 is 2.87 bits per heavy atom. The van der Waals surface area contributed by atoms with Crippen LogP contribution in [0.15, 0.2) is 42.5 Å². The van der Waals surface area contributed by atoms with Gasteiger partial charge < -0.3 is 19.7 Å². The molecule has 5 nitrogen and oxygen atoms in total. The average Bonchev–Trinajstić information content (AvgIpc) is 2.54. The molecule has 0 fully saturated rings. The van der Waals surface area contributed by atoms with Crippen molar-refractivity contribution in [3.8, 4) is 11.5 Å². The first-order chi connectivity index (χ1) is 11.1. The highest BCUT2D eigenvalue weighted by atomic mass is 35.5. The molecule has 0 spiro atoms. The molecule has 120 valence electrons. The Morgan fingerprint density at radius 1 is 1.30 bits per heavy atom. The molecule has 0 aliphatic carbocycles. The first-order valence-corrected chi connectivity index (χ1v) is 7.66. The van der Waals surface area contributed by atoms with Crippen molar-refractivity contribution in [3.63, 3.8) is 0 Å². The molecular weight excluding hydrogens is 316 g/mol. The molecule has 1 heterocycles. The summed E-state index contributed by atoms with van der Waals surface area (Å²) in [6.07, 6.45) is 0. The number of nitrogens with one attached hydrogen (secondary N) is 1. The van der Waals surface area contributed by atoms with Crippen molar-refractivity contribution in [1.29, 1.82) is 0 Å². The van der Waals surface area contributed by atoms with Gasteiger partial charge >= 0.3 is 0 Å². The van der Waals surface area contributed by atoms with Gasteiger partial charge in [-0.3, -0.25) is 4.79 Å². The van der Waals surface area contributed by atoms with E-state index in [1.54, 1.807) is 24.3 Å². The number of halogens is 1. The fourth-order valence-corrected chi connectivity index (χ4v) is 2.44. The van der Waals surface area contributed by atoms with E-state index in [1.165, 1.54) is 0 Å². The maximum atomic E-state index is 12.0. The molecule has 1 aliphatic rings. The zero-order chi connectivity index (χ0) is 16.2. The van der Waals surface area contributed by atoms with E-state index in [1.807, 2.05) is 25.2 Å². The van der Waals surface area contributed by atoms with Crippen LogP contribution in [0.5, 0.6) is 11.5 Å².